The van der Waals surface area contributed by atoms with E-state index in [0.29, 0.717) is 35.5 Å². The van der Waals surface area contributed by atoms with Gasteiger partial charge in [0.1, 0.15) is 0 Å². The molecule has 0 bridgehead atoms. The van der Waals surface area contributed by atoms with Gasteiger partial charge in [-0.25, -0.2) is 13.2 Å². The maximum atomic E-state index is 12.8. The summed E-state index contributed by atoms with van der Waals surface area (Å²) in [6.45, 7) is 4.78. The number of ether oxygens (including phenoxy) is 1. The fraction of sp³-hybridized carbons (Fsp3) is 0.333. The Morgan fingerprint density at radius 3 is 2.34 bits per heavy atom. The quantitative estimate of drug-likeness (QED) is 0.730. The molecule has 0 radical (unpaired) electrons. The van der Waals surface area contributed by atoms with Crippen LogP contribution in [0.4, 0.5) is 5.69 Å². The van der Waals surface area contributed by atoms with Crippen LogP contribution >= 0.6 is 0 Å². The highest BCUT2D eigenvalue weighted by Gasteiger charge is 2.28. The third kappa shape index (κ3) is 4.65. The molecule has 0 spiro atoms. The van der Waals surface area contributed by atoms with E-state index in [0.717, 1.165) is 12.8 Å². The Morgan fingerprint density at radius 2 is 1.72 bits per heavy atom. The first-order valence-corrected chi connectivity index (χ1v) is 11.0. The summed E-state index contributed by atoms with van der Waals surface area (Å²) >= 11 is 0. The second-order valence-electron chi connectivity index (χ2n) is 6.84. The number of rotatable bonds is 6. The molecule has 2 aromatic carbocycles. The molecule has 154 valence electrons. The smallest absolute Gasteiger partial charge is 0.338 e. The lowest BCUT2D eigenvalue weighted by molar-refractivity contribution is 0.0526. The van der Waals surface area contributed by atoms with E-state index in [2.05, 4.69) is 5.32 Å². The predicted octanol–water partition coefficient (Wildman–Crippen LogP) is 3.21. The number of carbonyl (C=O) groups excluding carboxylic acids is 2. The monoisotopic (exact) mass is 416 g/mol. The van der Waals surface area contributed by atoms with Crippen LogP contribution in [0.3, 0.4) is 0 Å². The molecule has 2 aromatic rings. The van der Waals surface area contributed by atoms with E-state index < -0.39 is 21.9 Å². The van der Waals surface area contributed by atoms with Gasteiger partial charge in [-0.3, -0.25) is 4.79 Å². The van der Waals surface area contributed by atoms with Crippen LogP contribution in [0.5, 0.6) is 0 Å². The van der Waals surface area contributed by atoms with E-state index in [4.69, 9.17) is 4.74 Å². The van der Waals surface area contributed by atoms with E-state index in [9.17, 15) is 18.0 Å². The van der Waals surface area contributed by atoms with E-state index in [1.54, 1.807) is 44.2 Å². The van der Waals surface area contributed by atoms with Gasteiger partial charge >= 0.3 is 5.97 Å². The number of anilines is 1. The van der Waals surface area contributed by atoms with Crippen molar-refractivity contribution in [1.82, 2.24) is 4.31 Å². The Hall–Kier alpha value is -2.71. The summed E-state index contributed by atoms with van der Waals surface area (Å²) in [4.78, 5) is 24.6. The van der Waals surface area contributed by atoms with Gasteiger partial charge in [0.15, 0.2) is 0 Å². The molecule has 29 heavy (non-hydrogen) atoms. The Labute approximate surface area is 170 Å². The van der Waals surface area contributed by atoms with Crippen LogP contribution in [0, 0.1) is 6.92 Å². The van der Waals surface area contributed by atoms with Crippen molar-refractivity contribution >= 4 is 27.6 Å². The predicted molar refractivity (Wildman–Crippen MR) is 110 cm³/mol. The highest BCUT2D eigenvalue weighted by molar-refractivity contribution is 7.89. The van der Waals surface area contributed by atoms with E-state index in [-0.39, 0.29) is 11.5 Å². The van der Waals surface area contributed by atoms with Crippen LogP contribution in [-0.4, -0.2) is 44.3 Å². The average molecular weight is 416 g/mol. The van der Waals surface area contributed by atoms with Gasteiger partial charge in [0.25, 0.3) is 5.91 Å². The normalized spacial score (nSPS) is 14.6. The summed E-state index contributed by atoms with van der Waals surface area (Å²) in [5.74, 6) is -0.842. The topological polar surface area (TPSA) is 92.8 Å². The van der Waals surface area contributed by atoms with Crippen LogP contribution in [0.15, 0.2) is 47.4 Å². The number of aryl methyl sites for hydroxylation is 1. The number of hydrogen-bond donors (Lipinski definition) is 1. The zero-order valence-electron chi connectivity index (χ0n) is 16.5. The van der Waals surface area contributed by atoms with Crippen molar-refractivity contribution in [2.45, 2.75) is 31.6 Å². The third-order valence-electron chi connectivity index (χ3n) is 4.81. The molecular weight excluding hydrogens is 392 g/mol. The minimum atomic E-state index is -3.60. The summed E-state index contributed by atoms with van der Waals surface area (Å²) in [5, 5.41) is 2.75. The molecule has 0 saturated carbocycles. The van der Waals surface area contributed by atoms with Crippen LogP contribution in [0.25, 0.3) is 0 Å². The number of sulfonamides is 1. The average Bonchev–Trinajstić information content (AvgIpc) is 3.24. The fourth-order valence-corrected chi connectivity index (χ4v) is 4.73. The Bertz CT molecular complexity index is 1010. The van der Waals surface area contributed by atoms with Gasteiger partial charge in [-0.1, -0.05) is 6.07 Å². The molecule has 0 aliphatic carbocycles. The number of amides is 1. The van der Waals surface area contributed by atoms with Crippen LogP contribution in [-0.2, 0) is 14.8 Å². The zero-order chi connectivity index (χ0) is 21.0. The molecular formula is C21H24N2O5S. The van der Waals surface area contributed by atoms with Crippen molar-refractivity contribution in [3.05, 3.63) is 59.2 Å². The van der Waals surface area contributed by atoms with Crippen LogP contribution < -0.4 is 5.32 Å². The van der Waals surface area contributed by atoms with Crippen molar-refractivity contribution in [2.24, 2.45) is 0 Å². The summed E-state index contributed by atoms with van der Waals surface area (Å²) in [7, 11) is -3.60. The Morgan fingerprint density at radius 1 is 1.07 bits per heavy atom. The van der Waals surface area contributed by atoms with Crippen molar-refractivity contribution in [1.29, 1.82) is 0 Å². The Kier molecular flexibility index (Phi) is 6.34. The fourth-order valence-electron chi connectivity index (χ4n) is 3.19. The van der Waals surface area contributed by atoms with E-state index >= 15 is 0 Å². The second-order valence-corrected chi connectivity index (χ2v) is 8.78. The maximum Gasteiger partial charge on any atom is 0.338 e. The first-order chi connectivity index (χ1) is 13.8. The molecule has 8 heteroatoms. The zero-order valence-corrected chi connectivity index (χ0v) is 17.3. The second kappa shape index (κ2) is 8.75. The van der Waals surface area contributed by atoms with E-state index in [1.807, 2.05) is 0 Å². The van der Waals surface area contributed by atoms with Crippen LogP contribution in [0.1, 0.15) is 46.0 Å². The molecule has 3 rings (SSSR count). The number of esters is 1. The summed E-state index contributed by atoms with van der Waals surface area (Å²) in [5.41, 5.74) is 1.85. The van der Waals surface area contributed by atoms with Crippen molar-refractivity contribution in [3.8, 4) is 0 Å². The van der Waals surface area contributed by atoms with E-state index in [1.165, 1.54) is 16.4 Å². The molecule has 1 aliphatic heterocycles. The maximum absolute atomic E-state index is 12.8. The lowest BCUT2D eigenvalue weighted by atomic mass is 10.1. The van der Waals surface area contributed by atoms with Gasteiger partial charge < -0.3 is 10.1 Å². The van der Waals surface area contributed by atoms with Gasteiger partial charge in [0.2, 0.25) is 10.0 Å². The summed E-state index contributed by atoms with van der Waals surface area (Å²) in [6, 6.07) is 10.9. The highest BCUT2D eigenvalue weighted by Crippen LogP contribution is 2.23. The lowest BCUT2D eigenvalue weighted by Gasteiger charge is -2.17. The molecule has 1 fully saturated rings. The number of hydrogen-bond acceptors (Lipinski definition) is 5. The molecule has 0 atom stereocenters. The first-order valence-electron chi connectivity index (χ1n) is 9.52. The van der Waals surface area contributed by atoms with Crippen molar-refractivity contribution in [2.75, 3.05) is 25.0 Å². The number of nitrogens with one attached hydrogen (secondary N) is 1. The van der Waals surface area contributed by atoms with Gasteiger partial charge in [0.05, 0.1) is 17.1 Å². The molecule has 1 aliphatic rings. The molecule has 0 unspecified atom stereocenters. The number of carbonyl (C=O) groups is 2. The molecule has 1 N–H and O–H groups in total. The summed E-state index contributed by atoms with van der Waals surface area (Å²) in [6.07, 6.45) is 1.69. The first kappa shape index (κ1) is 21.0. The molecule has 1 saturated heterocycles. The van der Waals surface area contributed by atoms with Gasteiger partial charge in [0, 0.05) is 24.3 Å². The standard InChI is InChI=1S/C21H24N2O5S/c1-3-28-21(25)16-7-9-17(10-8-16)22-20(24)19-14-18(11-6-15(19)2)29(26,27)23-12-4-5-13-23/h6-11,14H,3-5,12-13H2,1-2H3,(H,22,24). The SMILES string of the molecule is CCOC(=O)c1ccc(NC(=O)c2cc(S(=O)(=O)N3CCCC3)ccc2C)cc1. The minimum Gasteiger partial charge on any atom is -0.462 e. The minimum absolute atomic E-state index is 0.118. The van der Waals surface area contributed by atoms with Crippen molar-refractivity contribution in [3.63, 3.8) is 0 Å². The van der Waals surface area contributed by atoms with Gasteiger partial charge in [-0.15, -0.1) is 0 Å². The largest absolute Gasteiger partial charge is 0.462 e. The molecule has 1 amide bonds. The van der Waals surface area contributed by atoms with Gasteiger partial charge in [-0.2, -0.15) is 4.31 Å². The third-order valence-corrected chi connectivity index (χ3v) is 6.71. The van der Waals surface area contributed by atoms with Crippen molar-refractivity contribution < 1.29 is 22.7 Å². The molecule has 7 nitrogen and oxygen atoms in total. The summed E-state index contributed by atoms with van der Waals surface area (Å²) < 4.78 is 32.0. The Balaban J connectivity index is 1.79. The lowest BCUT2D eigenvalue weighted by Crippen LogP contribution is -2.28. The van der Waals surface area contributed by atoms with Crippen LogP contribution in [0.2, 0.25) is 0 Å². The molecule has 1 heterocycles. The van der Waals surface area contributed by atoms with Gasteiger partial charge in [-0.05, 0) is 68.7 Å². The number of benzene rings is 2. The number of nitrogens with zero attached hydrogens (tertiary/aromatic N) is 1. The highest BCUT2D eigenvalue weighted by atomic mass is 32.2. The molecule has 0 aromatic heterocycles.